The van der Waals surface area contributed by atoms with Gasteiger partial charge in [-0.2, -0.15) is 0 Å². The molecule has 1 saturated carbocycles. The number of hydrogen-bond donors (Lipinski definition) is 1. The molecule has 1 aromatic heterocycles. The minimum atomic E-state index is 0.505. The van der Waals surface area contributed by atoms with Gasteiger partial charge in [0.2, 0.25) is 0 Å². The monoisotopic (exact) mass is 272 g/mol. The molecule has 2 heterocycles. The van der Waals surface area contributed by atoms with Gasteiger partial charge in [0, 0.05) is 6.04 Å². The van der Waals surface area contributed by atoms with E-state index in [4.69, 9.17) is 4.98 Å². The van der Waals surface area contributed by atoms with E-state index in [-0.39, 0.29) is 0 Å². The molecule has 2 fully saturated rings. The summed E-state index contributed by atoms with van der Waals surface area (Å²) in [6.45, 7) is 2.16. The summed E-state index contributed by atoms with van der Waals surface area (Å²) in [5.41, 5.74) is 2.51. The van der Waals surface area contributed by atoms with Crippen molar-refractivity contribution in [1.29, 1.82) is 0 Å². The summed E-state index contributed by atoms with van der Waals surface area (Å²) in [6, 6.07) is 7.76. The van der Waals surface area contributed by atoms with Crippen LogP contribution >= 0.6 is 11.3 Å². The average molecular weight is 272 g/mol. The van der Waals surface area contributed by atoms with Crippen LogP contribution < -0.4 is 5.32 Å². The highest BCUT2D eigenvalue weighted by Gasteiger charge is 2.36. The Kier molecular flexibility index (Phi) is 2.85. The molecule has 100 valence electrons. The Morgan fingerprint density at radius 3 is 3.00 bits per heavy atom. The minimum absolute atomic E-state index is 0.505. The van der Waals surface area contributed by atoms with Gasteiger partial charge in [-0.25, -0.2) is 4.98 Å². The van der Waals surface area contributed by atoms with Crippen LogP contribution in [0.1, 0.15) is 48.7 Å². The van der Waals surface area contributed by atoms with Crippen molar-refractivity contribution >= 4 is 21.6 Å². The zero-order valence-corrected chi connectivity index (χ0v) is 12.2. The van der Waals surface area contributed by atoms with E-state index in [1.807, 2.05) is 11.3 Å². The smallest absolute Gasteiger partial charge is 0.111 e. The largest absolute Gasteiger partial charge is 0.305 e. The van der Waals surface area contributed by atoms with Crippen molar-refractivity contribution in [2.24, 2.45) is 5.92 Å². The lowest BCUT2D eigenvalue weighted by atomic mass is 9.85. The van der Waals surface area contributed by atoms with E-state index in [0.717, 1.165) is 12.0 Å². The molecule has 1 N–H and O–H groups in total. The Bertz CT molecular complexity index is 590. The normalized spacial score (nSPS) is 30.7. The minimum Gasteiger partial charge on any atom is -0.305 e. The number of rotatable bonds is 1. The van der Waals surface area contributed by atoms with E-state index in [2.05, 4.69) is 30.4 Å². The average Bonchev–Trinajstić information content (AvgIpc) is 3.02. The third-order valence-electron chi connectivity index (χ3n) is 4.80. The number of thiazole rings is 1. The molecule has 19 heavy (non-hydrogen) atoms. The molecule has 2 nitrogen and oxygen atoms in total. The number of aromatic nitrogens is 1. The van der Waals surface area contributed by atoms with Gasteiger partial charge in [-0.15, -0.1) is 11.3 Å². The highest BCUT2D eigenvalue weighted by atomic mass is 32.1. The summed E-state index contributed by atoms with van der Waals surface area (Å²) in [7, 11) is 0. The lowest BCUT2D eigenvalue weighted by Crippen LogP contribution is -2.30. The second kappa shape index (κ2) is 4.57. The van der Waals surface area contributed by atoms with Crippen LogP contribution in [0.2, 0.25) is 0 Å². The van der Waals surface area contributed by atoms with Crippen molar-refractivity contribution in [1.82, 2.24) is 10.3 Å². The molecular weight excluding hydrogens is 252 g/mol. The van der Waals surface area contributed by atoms with Gasteiger partial charge in [0.15, 0.2) is 0 Å². The van der Waals surface area contributed by atoms with E-state index >= 15 is 0 Å². The number of nitrogens with zero attached hydrogens (tertiary/aromatic N) is 1. The molecule has 2 aromatic rings. The fourth-order valence-corrected chi connectivity index (χ4v) is 4.88. The fraction of sp³-hybridized carbons (Fsp3) is 0.562. The second-order valence-electron chi connectivity index (χ2n) is 6.08. The topological polar surface area (TPSA) is 24.9 Å². The molecule has 3 heteroatoms. The molecule has 4 rings (SSSR count). The highest BCUT2D eigenvalue weighted by Crippen LogP contribution is 2.41. The standard InChI is InChI=1S/C16H20N2S/c1-10-5-4-8-14-15(10)18-16(19-14)13-9-11-6-2-3-7-12(11)17-13/h4-5,8,11-13,17H,2-3,6-7,9H2,1H3. The second-order valence-corrected chi connectivity index (χ2v) is 7.14. The number of aryl methyl sites for hydroxylation is 1. The van der Waals surface area contributed by atoms with Crippen LogP contribution in [0.15, 0.2) is 18.2 Å². The van der Waals surface area contributed by atoms with Crippen molar-refractivity contribution in [3.63, 3.8) is 0 Å². The first-order valence-electron chi connectivity index (χ1n) is 7.43. The van der Waals surface area contributed by atoms with Crippen LogP contribution in [0.25, 0.3) is 10.2 Å². The number of nitrogens with one attached hydrogen (secondary N) is 1. The predicted molar refractivity (Wildman–Crippen MR) is 80.6 cm³/mol. The third-order valence-corrected chi connectivity index (χ3v) is 5.93. The van der Waals surface area contributed by atoms with Crippen molar-refractivity contribution < 1.29 is 0 Å². The molecule has 0 radical (unpaired) electrons. The van der Waals surface area contributed by atoms with E-state index in [0.29, 0.717) is 6.04 Å². The zero-order valence-electron chi connectivity index (χ0n) is 11.4. The quantitative estimate of drug-likeness (QED) is 0.841. The van der Waals surface area contributed by atoms with Gasteiger partial charge < -0.3 is 5.32 Å². The lowest BCUT2D eigenvalue weighted by Gasteiger charge is -2.24. The summed E-state index contributed by atoms with van der Waals surface area (Å²) in [5.74, 6) is 0.895. The van der Waals surface area contributed by atoms with Gasteiger partial charge in [0.25, 0.3) is 0 Å². The van der Waals surface area contributed by atoms with Gasteiger partial charge >= 0.3 is 0 Å². The molecule has 3 unspecified atom stereocenters. The summed E-state index contributed by atoms with van der Waals surface area (Å²) in [4.78, 5) is 4.91. The van der Waals surface area contributed by atoms with Crippen molar-refractivity contribution in [3.8, 4) is 0 Å². The number of para-hydroxylation sites is 1. The molecule has 0 spiro atoms. The number of fused-ring (bicyclic) bond motifs is 2. The molecule has 1 aliphatic carbocycles. The van der Waals surface area contributed by atoms with Crippen LogP contribution in [-0.2, 0) is 0 Å². The Morgan fingerprint density at radius 2 is 2.16 bits per heavy atom. The van der Waals surface area contributed by atoms with Crippen LogP contribution in [-0.4, -0.2) is 11.0 Å². The Morgan fingerprint density at radius 1 is 1.26 bits per heavy atom. The third kappa shape index (κ3) is 2.00. The van der Waals surface area contributed by atoms with Crippen molar-refractivity contribution in [3.05, 3.63) is 28.8 Å². The highest BCUT2D eigenvalue weighted by molar-refractivity contribution is 7.18. The molecule has 1 aromatic carbocycles. The van der Waals surface area contributed by atoms with Gasteiger partial charge in [-0.3, -0.25) is 0 Å². The fourth-order valence-electron chi connectivity index (χ4n) is 3.76. The van der Waals surface area contributed by atoms with Crippen LogP contribution in [0.5, 0.6) is 0 Å². The molecule has 1 aliphatic heterocycles. The maximum absolute atomic E-state index is 4.91. The molecule has 0 bridgehead atoms. The molecule has 0 amide bonds. The Balaban J connectivity index is 1.66. The summed E-state index contributed by atoms with van der Waals surface area (Å²) < 4.78 is 1.34. The molecular formula is C16H20N2S. The first-order valence-corrected chi connectivity index (χ1v) is 8.25. The maximum atomic E-state index is 4.91. The summed E-state index contributed by atoms with van der Waals surface area (Å²) in [6.07, 6.45) is 6.90. The van der Waals surface area contributed by atoms with E-state index in [9.17, 15) is 0 Å². The van der Waals surface area contributed by atoms with Gasteiger partial charge in [0.1, 0.15) is 5.01 Å². The SMILES string of the molecule is Cc1cccc2sc(C3CC4CCCCC4N3)nc12. The van der Waals surface area contributed by atoms with Gasteiger partial charge in [-0.05, 0) is 43.7 Å². The van der Waals surface area contributed by atoms with Crippen molar-refractivity contribution in [2.45, 2.75) is 51.1 Å². The lowest BCUT2D eigenvalue weighted by molar-refractivity contribution is 0.325. The first-order chi connectivity index (χ1) is 9.31. The first kappa shape index (κ1) is 11.9. The Hall–Kier alpha value is -0.930. The Labute approximate surface area is 118 Å². The van der Waals surface area contributed by atoms with E-state index in [1.54, 1.807) is 0 Å². The maximum Gasteiger partial charge on any atom is 0.111 e. The molecule has 2 aliphatic rings. The van der Waals surface area contributed by atoms with E-state index < -0.39 is 0 Å². The predicted octanol–water partition coefficient (Wildman–Crippen LogP) is 4.20. The van der Waals surface area contributed by atoms with Gasteiger partial charge in [0.05, 0.1) is 16.3 Å². The number of hydrogen-bond acceptors (Lipinski definition) is 3. The molecule has 3 atom stereocenters. The van der Waals surface area contributed by atoms with Crippen LogP contribution in [0.3, 0.4) is 0 Å². The zero-order chi connectivity index (χ0) is 12.8. The van der Waals surface area contributed by atoms with Gasteiger partial charge in [-0.1, -0.05) is 25.0 Å². The van der Waals surface area contributed by atoms with Crippen LogP contribution in [0, 0.1) is 12.8 Å². The summed E-state index contributed by atoms with van der Waals surface area (Å²) >= 11 is 1.88. The van der Waals surface area contributed by atoms with Crippen molar-refractivity contribution in [2.75, 3.05) is 0 Å². The van der Waals surface area contributed by atoms with Crippen LogP contribution in [0.4, 0.5) is 0 Å². The molecule has 1 saturated heterocycles. The summed E-state index contributed by atoms with van der Waals surface area (Å²) in [5, 5.41) is 5.14. The van der Waals surface area contributed by atoms with E-state index in [1.165, 1.54) is 52.9 Å². The number of benzene rings is 1.